The summed E-state index contributed by atoms with van der Waals surface area (Å²) in [6.45, 7) is 3.22. The zero-order chi connectivity index (χ0) is 12.0. The molecule has 0 amide bonds. The van der Waals surface area contributed by atoms with Crippen LogP contribution in [0.25, 0.3) is 0 Å². The molecule has 2 aromatic rings. The van der Waals surface area contributed by atoms with Crippen LogP contribution in [0.3, 0.4) is 0 Å². The minimum absolute atomic E-state index is 0.363. The molecule has 5 heteroatoms. The third kappa shape index (κ3) is 1.61. The zero-order valence-corrected chi connectivity index (χ0v) is 10.9. The molecule has 4 nitrogen and oxygen atoms in total. The van der Waals surface area contributed by atoms with E-state index in [1.165, 1.54) is 10.4 Å². The lowest BCUT2D eigenvalue weighted by molar-refractivity contribution is 0.616. The summed E-state index contributed by atoms with van der Waals surface area (Å²) in [6, 6.07) is 2.58. The summed E-state index contributed by atoms with van der Waals surface area (Å²) < 4.78 is 1.78. The molecule has 0 bridgehead atoms. The van der Waals surface area contributed by atoms with E-state index < -0.39 is 0 Å². The summed E-state index contributed by atoms with van der Waals surface area (Å²) in [6.07, 6.45) is 2.96. The van der Waals surface area contributed by atoms with Crippen molar-refractivity contribution in [2.45, 2.75) is 19.4 Å². The molecule has 0 radical (unpaired) electrons. The van der Waals surface area contributed by atoms with Crippen LogP contribution < -0.4 is 10.6 Å². The first-order valence-electron chi connectivity index (χ1n) is 5.79. The molecule has 0 saturated heterocycles. The normalized spacial score (nSPS) is 19.4. The lowest BCUT2D eigenvalue weighted by atomic mass is 10.0. The molecule has 1 atom stereocenters. The van der Waals surface area contributed by atoms with Gasteiger partial charge in [-0.05, 0) is 30.4 Å². The Balaban J connectivity index is 1.99. The fourth-order valence-electron chi connectivity index (χ4n) is 2.52. The maximum atomic E-state index is 6.01. The molecule has 0 aliphatic carbocycles. The van der Waals surface area contributed by atoms with Crippen molar-refractivity contribution in [3.63, 3.8) is 0 Å². The van der Waals surface area contributed by atoms with E-state index >= 15 is 0 Å². The lowest BCUT2D eigenvalue weighted by Gasteiger charge is -2.34. The van der Waals surface area contributed by atoms with Gasteiger partial charge in [0.25, 0.3) is 0 Å². The maximum Gasteiger partial charge on any atom is 0.174 e. The van der Waals surface area contributed by atoms with Crippen LogP contribution in [0, 0.1) is 0 Å². The van der Waals surface area contributed by atoms with Gasteiger partial charge in [0.15, 0.2) is 5.82 Å². The van der Waals surface area contributed by atoms with Crippen molar-refractivity contribution < 1.29 is 0 Å². The number of rotatable bonds is 1. The predicted molar refractivity (Wildman–Crippen MR) is 71.4 cm³/mol. The minimum Gasteiger partial charge on any atom is -0.394 e. The highest BCUT2D eigenvalue weighted by molar-refractivity contribution is 7.10. The average Bonchev–Trinajstić information content (AvgIpc) is 2.86. The summed E-state index contributed by atoms with van der Waals surface area (Å²) in [5, 5.41) is 6.64. The van der Waals surface area contributed by atoms with Crippen molar-refractivity contribution in [2.75, 3.05) is 17.2 Å². The molecule has 1 aliphatic rings. The standard InChI is InChI=1S/C12H16N4S/c1-8-9-4-6-17-11(9)3-5-16(8)12-10(13)7-15(2)14-12/h4,6-8H,3,5,13H2,1-2H3. The number of nitrogens with two attached hydrogens (primary N) is 1. The van der Waals surface area contributed by atoms with Crippen molar-refractivity contribution in [1.82, 2.24) is 9.78 Å². The highest BCUT2D eigenvalue weighted by atomic mass is 32.1. The van der Waals surface area contributed by atoms with Crippen LogP contribution in [0.2, 0.25) is 0 Å². The van der Waals surface area contributed by atoms with E-state index in [0.717, 1.165) is 24.5 Å². The van der Waals surface area contributed by atoms with E-state index in [4.69, 9.17) is 5.73 Å². The smallest absolute Gasteiger partial charge is 0.174 e. The quantitative estimate of drug-likeness (QED) is 0.841. The molecule has 0 fully saturated rings. The number of hydrogen-bond donors (Lipinski definition) is 1. The van der Waals surface area contributed by atoms with E-state index in [0.29, 0.717) is 6.04 Å². The third-order valence-electron chi connectivity index (χ3n) is 3.39. The summed E-state index contributed by atoms with van der Waals surface area (Å²) in [7, 11) is 1.91. The van der Waals surface area contributed by atoms with Crippen LogP contribution in [0.5, 0.6) is 0 Å². The second-order valence-corrected chi connectivity index (χ2v) is 5.50. The van der Waals surface area contributed by atoms with Gasteiger partial charge in [0, 0.05) is 24.7 Å². The first kappa shape index (κ1) is 10.7. The molecule has 0 saturated carbocycles. The van der Waals surface area contributed by atoms with E-state index in [9.17, 15) is 0 Å². The van der Waals surface area contributed by atoms with Gasteiger partial charge in [0.2, 0.25) is 0 Å². The SMILES string of the molecule is CC1c2ccsc2CCN1c1nn(C)cc1N. The Morgan fingerprint density at radius 1 is 1.53 bits per heavy atom. The molecule has 17 heavy (non-hydrogen) atoms. The zero-order valence-electron chi connectivity index (χ0n) is 10.1. The minimum atomic E-state index is 0.363. The van der Waals surface area contributed by atoms with Gasteiger partial charge in [-0.1, -0.05) is 0 Å². The number of aromatic nitrogens is 2. The molecule has 2 aromatic heterocycles. The molecular formula is C12H16N4S. The number of thiophene rings is 1. The largest absolute Gasteiger partial charge is 0.394 e. The highest BCUT2D eigenvalue weighted by Gasteiger charge is 2.27. The van der Waals surface area contributed by atoms with Gasteiger partial charge in [0.1, 0.15) is 0 Å². The average molecular weight is 248 g/mol. The van der Waals surface area contributed by atoms with Crippen molar-refractivity contribution in [2.24, 2.45) is 7.05 Å². The molecule has 3 heterocycles. The van der Waals surface area contributed by atoms with Crippen LogP contribution >= 0.6 is 11.3 Å². The van der Waals surface area contributed by atoms with E-state index in [1.807, 2.05) is 24.6 Å². The first-order chi connectivity index (χ1) is 8.16. The fraction of sp³-hybridized carbons (Fsp3) is 0.417. The van der Waals surface area contributed by atoms with Gasteiger partial charge in [0.05, 0.1) is 11.7 Å². The van der Waals surface area contributed by atoms with Crippen LogP contribution in [0.1, 0.15) is 23.4 Å². The highest BCUT2D eigenvalue weighted by Crippen LogP contribution is 2.37. The second kappa shape index (κ2) is 3.77. The van der Waals surface area contributed by atoms with Crippen LogP contribution in [0.15, 0.2) is 17.6 Å². The van der Waals surface area contributed by atoms with Crippen molar-refractivity contribution in [3.8, 4) is 0 Å². The van der Waals surface area contributed by atoms with Gasteiger partial charge in [-0.2, -0.15) is 5.10 Å². The monoisotopic (exact) mass is 248 g/mol. The Bertz CT molecular complexity index is 542. The Hall–Kier alpha value is -1.49. The van der Waals surface area contributed by atoms with Crippen LogP contribution in [-0.2, 0) is 13.5 Å². The Labute approximate surface area is 105 Å². The van der Waals surface area contributed by atoms with Crippen molar-refractivity contribution >= 4 is 22.8 Å². The van der Waals surface area contributed by atoms with Crippen molar-refractivity contribution in [3.05, 3.63) is 28.1 Å². The summed E-state index contributed by atoms with van der Waals surface area (Å²) in [4.78, 5) is 3.80. The molecule has 0 aromatic carbocycles. The Kier molecular flexibility index (Phi) is 2.36. The molecule has 1 unspecified atom stereocenters. The van der Waals surface area contributed by atoms with Gasteiger partial charge in [-0.15, -0.1) is 11.3 Å². The number of nitrogen functional groups attached to an aromatic ring is 1. The Morgan fingerprint density at radius 2 is 2.35 bits per heavy atom. The lowest BCUT2D eigenvalue weighted by Crippen LogP contribution is -2.33. The number of nitrogens with zero attached hydrogens (tertiary/aromatic N) is 3. The van der Waals surface area contributed by atoms with E-state index in [-0.39, 0.29) is 0 Å². The molecule has 2 N–H and O–H groups in total. The number of fused-ring (bicyclic) bond motifs is 1. The van der Waals surface area contributed by atoms with Gasteiger partial charge in [-0.3, -0.25) is 4.68 Å². The molecule has 90 valence electrons. The van der Waals surface area contributed by atoms with Crippen LogP contribution in [-0.4, -0.2) is 16.3 Å². The van der Waals surface area contributed by atoms with E-state index in [2.05, 4.69) is 28.4 Å². The molecule has 3 rings (SSSR count). The number of aryl methyl sites for hydroxylation is 1. The van der Waals surface area contributed by atoms with Crippen LogP contribution in [0.4, 0.5) is 11.5 Å². The molecule has 0 spiro atoms. The fourth-order valence-corrected chi connectivity index (χ4v) is 3.48. The summed E-state index contributed by atoms with van der Waals surface area (Å²) in [5.41, 5.74) is 8.19. The topological polar surface area (TPSA) is 47.1 Å². The van der Waals surface area contributed by atoms with Gasteiger partial charge >= 0.3 is 0 Å². The third-order valence-corrected chi connectivity index (χ3v) is 4.38. The summed E-state index contributed by atoms with van der Waals surface area (Å²) in [5.74, 6) is 0.914. The Morgan fingerprint density at radius 3 is 3.06 bits per heavy atom. The first-order valence-corrected chi connectivity index (χ1v) is 6.67. The van der Waals surface area contributed by atoms with E-state index in [1.54, 1.807) is 4.68 Å². The number of hydrogen-bond acceptors (Lipinski definition) is 4. The molecule has 1 aliphatic heterocycles. The van der Waals surface area contributed by atoms with Crippen molar-refractivity contribution in [1.29, 1.82) is 0 Å². The second-order valence-electron chi connectivity index (χ2n) is 4.50. The predicted octanol–water partition coefficient (Wildman–Crippen LogP) is 2.19. The maximum absolute atomic E-state index is 6.01. The summed E-state index contributed by atoms with van der Waals surface area (Å²) >= 11 is 1.85. The van der Waals surface area contributed by atoms with Gasteiger partial charge < -0.3 is 10.6 Å². The molecular weight excluding hydrogens is 232 g/mol. The van der Waals surface area contributed by atoms with Gasteiger partial charge in [-0.25, -0.2) is 0 Å². The number of anilines is 2.